The van der Waals surface area contributed by atoms with Gasteiger partial charge >= 0.3 is 5.97 Å². The molecule has 0 saturated carbocycles. The Kier molecular flexibility index (Phi) is 5.26. The van der Waals surface area contributed by atoms with Crippen molar-refractivity contribution >= 4 is 33.0 Å². The summed E-state index contributed by atoms with van der Waals surface area (Å²) in [4.78, 5) is 16.4. The summed E-state index contributed by atoms with van der Waals surface area (Å²) in [6.07, 6.45) is 0.226. The lowest BCUT2D eigenvalue weighted by Crippen LogP contribution is -2.07. The third-order valence-corrected chi connectivity index (χ3v) is 4.97. The summed E-state index contributed by atoms with van der Waals surface area (Å²) in [6.45, 7) is 2.18. The minimum absolute atomic E-state index is 0.226. The molecule has 0 amide bonds. The standard InChI is InChI=1S/C23H18BrNO3/c1-2-27-21(26)12-15-7-6-10-17(11-15)23-25-20-14-18(13-19(24)22(20)28-23)16-8-4-3-5-9-16/h3-11,13-14H,2,12H2,1H3. The average molecular weight is 436 g/mol. The van der Waals surface area contributed by atoms with Gasteiger partial charge < -0.3 is 9.15 Å². The molecule has 3 aromatic carbocycles. The second kappa shape index (κ2) is 7.98. The van der Waals surface area contributed by atoms with Crippen molar-refractivity contribution in [3.63, 3.8) is 0 Å². The van der Waals surface area contributed by atoms with Crippen LogP contribution in [-0.2, 0) is 16.0 Å². The third kappa shape index (κ3) is 3.85. The Bertz CT molecular complexity index is 1140. The molecule has 0 N–H and O–H groups in total. The molecule has 0 aliphatic heterocycles. The van der Waals surface area contributed by atoms with E-state index in [-0.39, 0.29) is 12.4 Å². The van der Waals surface area contributed by atoms with Crippen LogP contribution in [-0.4, -0.2) is 17.6 Å². The molecule has 0 spiro atoms. The van der Waals surface area contributed by atoms with E-state index in [9.17, 15) is 4.79 Å². The molecule has 0 fully saturated rings. The van der Waals surface area contributed by atoms with Gasteiger partial charge in [-0.15, -0.1) is 0 Å². The maximum Gasteiger partial charge on any atom is 0.310 e. The van der Waals surface area contributed by atoms with E-state index < -0.39 is 0 Å². The van der Waals surface area contributed by atoms with E-state index in [0.717, 1.165) is 32.2 Å². The molecule has 140 valence electrons. The molecule has 1 heterocycles. The normalized spacial score (nSPS) is 10.9. The number of rotatable bonds is 5. The molecule has 0 aliphatic carbocycles. The zero-order chi connectivity index (χ0) is 19.5. The molecule has 0 unspecified atom stereocenters. The molecule has 4 nitrogen and oxygen atoms in total. The molecule has 0 aliphatic rings. The van der Waals surface area contributed by atoms with Gasteiger partial charge in [0.25, 0.3) is 0 Å². The Hall–Kier alpha value is -2.92. The van der Waals surface area contributed by atoms with Crippen LogP contribution in [0.1, 0.15) is 12.5 Å². The Morgan fingerprint density at radius 1 is 1.00 bits per heavy atom. The van der Waals surface area contributed by atoms with Crippen LogP contribution in [0.3, 0.4) is 0 Å². The van der Waals surface area contributed by atoms with Gasteiger partial charge in [-0.2, -0.15) is 0 Å². The van der Waals surface area contributed by atoms with Crippen LogP contribution < -0.4 is 0 Å². The lowest BCUT2D eigenvalue weighted by molar-refractivity contribution is -0.142. The van der Waals surface area contributed by atoms with Gasteiger partial charge in [0.1, 0.15) is 5.52 Å². The minimum Gasteiger partial charge on any atom is -0.466 e. The van der Waals surface area contributed by atoms with Crippen molar-refractivity contribution in [2.45, 2.75) is 13.3 Å². The van der Waals surface area contributed by atoms with Crippen molar-refractivity contribution in [2.75, 3.05) is 6.61 Å². The number of nitrogens with zero attached hydrogens (tertiary/aromatic N) is 1. The number of carbonyl (C=O) groups excluding carboxylic acids is 1. The van der Waals surface area contributed by atoms with Crippen molar-refractivity contribution < 1.29 is 13.9 Å². The maximum absolute atomic E-state index is 11.8. The number of benzene rings is 3. The number of hydrogen-bond donors (Lipinski definition) is 0. The minimum atomic E-state index is -0.243. The van der Waals surface area contributed by atoms with Crippen LogP contribution in [0.4, 0.5) is 0 Å². The molecular formula is C23H18BrNO3. The predicted molar refractivity (Wildman–Crippen MR) is 113 cm³/mol. The van der Waals surface area contributed by atoms with Crippen molar-refractivity contribution in [2.24, 2.45) is 0 Å². The van der Waals surface area contributed by atoms with E-state index in [1.807, 2.05) is 54.6 Å². The highest BCUT2D eigenvalue weighted by Gasteiger charge is 2.14. The van der Waals surface area contributed by atoms with Crippen LogP contribution in [0.2, 0.25) is 0 Å². The van der Waals surface area contributed by atoms with Crippen molar-refractivity contribution in [1.82, 2.24) is 4.98 Å². The molecule has 4 rings (SSSR count). The van der Waals surface area contributed by atoms with Crippen LogP contribution in [0, 0.1) is 0 Å². The fraction of sp³-hybridized carbons (Fsp3) is 0.130. The van der Waals surface area contributed by atoms with Crippen LogP contribution in [0.15, 0.2) is 75.6 Å². The Labute approximate surface area is 171 Å². The second-order valence-electron chi connectivity index (χ2n) is 6.37. The zero-order valence-corrected chi connectivity index (χ0v) is 16.9. The van der Waals surface area contributed by atoms with Gasteiger partial charge in [-0.25, -0.2) is 4.98 Å². The van der Waals surface area contributed by atoms with Gasteiger partial charge in [-0.1, -0.05) is 42.5 Å². The molecule has 5 heteroatoms. The highest BCUT2D eigenvalue weighted by molar-refractivity contribution is 9.10. The van der Waals surface area contributed by atoms with Crippen LogP contribution in [0.25, 0.3) is 33.7 Å². The molecule has 28 heavy (non-hydrogen) atoms. The van der Waals surface area contributed by atoms with E-state index in [2.05, 4.69) is 33.0 Å². The third-order valence-electron chi connectivity index (χ3n) is 4.38. The first-order valence-electron chi connectivity index (χ1n) is 9.04. The van der Waals surface area contributed by atoms with Gasteiger partial charge in [-0.3, -0.25) is 4.79 Å². The number of esters is 1. The highest BCUT2D eigenvalue weighted by Crippen LogP contribution is 2.34. The summed E-state index contributed by atoms with van der Waals surface area (Å²) >= 11 is 3.60. The first-order valence-corrected chi connectivity index (χ1v) is 9.84. The van der Waals surface area contributed by atoms with Crippen molar-refractivity contribution in [3.05, 3.63) is 76.8 Å². The highest BCUT2D eigenvalue weighted by atomic mass is 79.9. The summed E-state index contributed by atoms with van der Waals surface area (Å²) in [7, 11) is 0. The molecule has 0 saturated heterocycles. The summed E-state index contributed by atoms with van der Waals surface area (Å²) in [5.74, 6) is 0.277. The van der Waals surface area contributed by atoms with Crippen LogP contribution >= 0.6 is 15.9 Å². The quantitative estimate of drug-likeness (QED) is 0.359. The first-order chi connectivity index (χ1) is 13.6. The average Bonchev–Trinajstić information content (AvgIpc) is 3.14. The maximum atomic E-state index is 11.8. The van der Waals surface area contributed by atoms with E-state index in [0.29, 0.717) is 18.1 Å². The van der Waals surface area contributed by atoms with E-state index in [1.165, 1.54) is 0 Å². The number of fused-ring (bicyclic) bond motifs is 1. The number of hydrogen-bond acceptors (Lipinski definition) is 4. The van der Waals surface area contributed by atoms with Crippen molar-refractivity contribution in [1.29, 1.82) is 0 Å². The van der Waals surface area contributed by atoms with E-state index >= 15 is 0 Å². The molecule has 0 atom stereocenters. The number of aromatic nitrogens is 1. The van der Waals surface area contributed by atoms with E-state index in [4.69, 9.17) is 9.15 Å². The zero-order valence-electron chi connectivity index (χ0n) is 15.3. The largest absolute Gasteiger partial charge is 0.466 e. The van der Waals surface area contributed by atoms with Gasteiger partial charge in [0, 0.05) is 5.56 Å². The summed E-state index contributed by atoms with van der Waals surface area (Å²) in [6, 6.07) is 21.8. The Morgan fingerprint density at radius 2 is 1.79 bits per heavy atom. The van der Waals surface area contributed by atoms with Gasteiger partial charge in [-0.05, 0) is 63.8 Å². The fourth-order valence-electron chi connectivity index (χ4n) is 3.11. The van der Waals surface area contributed by atoms with Crippen molar-refractivity contribution in [3.8, 4) is 22.6 Å². The first kappa shape index (κ1) is 18.4. The lowest BCUT2D eigenvalue weighted by atomic mass is 10.1. The summed E-state index contributed by atoms with van der Waals surface area (Å²) < 4.78 is 11.9. The Morgan fingerprint density at radius 3 is 2.57 bits per heavy atom. The number of halogens is 1. The molecule has 0 radical (unpaired) electrons. The van der Waals surface area contributed by atoms with Gasteiger partial charge in [0.15, 0.2) is 5.58 Å². The predicted octanol–water partition coefficient (Wildman–Crippen LogP) is 6.03. The topological polar surface area (TPSA) is 52.3 Å². The van der Waals surface area contributed by atoms with Gasteiger partial charge in [0.2, 0.25) is 5.89 Å². The number of carbonyl (C=O) groups is 1. The number of oxazole rings is 1. The SMILES string of the molecule is CCOC(=O)Cc1cccc(-c2nc3cc(-c4ccccc4)cc(Br)c3o2)c1. The number of ether oxygens (including phenoxy) is 1. The van der Waals surface area contributed by atoms with Gasteiger partial charge in [0.05, 0.1) is 17.5 Å². The molecule has 0 bridgehead atoms. The van der Waals surface area contributed by atoms with E-state index in [1.54, 1.807) is 6.92 Å². The second-order valence-corrected chi connectivity index (χ2v) is 7.23. The molecule has 1 aromatic heterocycles. The molecule has 4 aromatic rings. The monoisotopic (exact) mass is 435 g/mol. The van der Waals surface area contributed by atoms with Crippen LogP contribution in [0.5, 0.6) is 0 Å². The smallest absolute Gasteiger partial charge is 0.310 e. The Balaban J connectivity index is 1.70. The molecular weight excluding hydrogens is 418 g/mol. The summed E-state index contributed by atoms with van der Waals surface area (Å²) in [5.41, 5.74) is 5.35. The fourth-order valence-corrected chi connectivity index (χ4v) is 3.64. The summed E-state index contributed by atoms with van der Waals surface area (Å²) in [5, 5.41) is 0. The lowest BCUT2D eigenvalue weighted by Gasteiger charge is -2.03.